The van der Waals surface area contributed by atoms with E-state index < -0.39 is 6.29 Å². The van der Waals surface area contributed by atoms with E-state index in [0.717, 1.165) is 12.8 Å². The van der Waals surface area contributed by atoms with Gasteiger partial charge in [-0.3, -0.25) is 4.79 Å². The number of rotatable bonds is 17. The van der Waals surface area contributed by atoms with Crippen LogP contribution in [0, 0.1) is 0 Å². The first-order valence-electron chi connectivity index (χ1n) is 9.63. The molecule has 0 N–H and O–H groups in total. The molecule has 0 aromatic heterocycles. The van der Waals surface area contributed by atoms with Crippen LogP contribution >= 0.6 is 0 Å². The molecule has 0 spiro atoms. The van der Waals surface area contributed by atoms with Crippen molar-refractivity contribution in [3.05, 3.63) is 0 Å². The Bertz CT molecular complexity index is 240. The third-order valence-electron chi connectivity index (χ3n) is 3.74. The van der Waals surface area contributed by atoms with Crippen LogP contribution in [0.3, 0.4) is 0 Å². The van der Waals surface area contributed by atoms with Crippen LogP contribution in [0.25, 0.3) is 0 Å². The summed E-state index contributed by atoms with van der Waals surface area (Å²) in [7, 11) is 0. The van der Waals surface area contributed by atoms with E-state index in [9.17, 15) is 4.79 Å². The van der Waals surface area contributed by atoms with Crippen molar-refractivity contribution < 1.29 is 19.0 Å². The van der Waals surface area contributed by atoms with Gasteiger partial charge in [0.1, 0.15) is 0 Å². The molecule has 0 atom stereocenters. The monoisotopic (exact) mass is 330 g/mol. The molecule has 0 fully saturated rings. The van der Waals surface area contributed by atoms with Crippen molar-refractivity contribution in [2.75, 3.05) is 19.8 Å². The van der Waals surface area contributed by atoms with Crippen molar-refractivity contribution in [2.45, 2.75) is 97.7 Å². The van der Waals surface area contributed by atoms with Gasteiger partial charge in [0.2, 0.25) is 0 Å². The van der Waals surface area contributed by atoms with Crippen LogP contribution in [0.1, 0.15) is 91.4 Å². The summed E-state index contributed by atoms with van der Waals surface area (Å²) in [4.78, 5) is 11.6. The number of hydrogen-bond acceptors (Lipinski definition) is 4. The van der Waals surface area contributed by atoms with Crippen molar-refractivity contribution in [3.8, 4) is 0 Å². The van der Waals surface area contributed by atoms with Crippen molar-refractivity contribution in [1.29, 1.82) is 0 Å². The highest BCUT2D eigenvalue weighted by Gasteiger charge is 2.15. The summed E-state index contributed by atoms with van der Waals surface area (Å²) in [6.45, 7) is 7.95. The van der Waals surface area contributed by atoms with Crippen molar-refractivity contribution in [2.24, 2.45) is 0 Å². The van der Waals surface area contributed by atoms with Crippen LogP contribution in [-0.4, -0.2) is 32.1 Å². The smallest absolute Gasteiger partial charge is 0.310 e. The molecule has 0 aromatic rings. The Labute approximate surface area is 143 Å². The molecule has 0 unspecified atom stereocenters. The normalized spacial score (nSPS) is 11.1. The summed E-state index contributed by atoms with van der Waals surface area (Å²) >= 11 is 0. The minimum atomic E-state index is -0.452. The summed E-state index contributed by atoms with van der Waals surface area (Å²) in [5, 5.41) is 0. The predicted octanol–water partition coefficient (Wildman–Crippen LogP) is 5.24. The van der Waals surface area contributed by atoms with Gasteiger partial charge in [-0.05, 0) is 19.8 Å². The van der Waals surface area contributed by atoms with Gasteiger partial charge in [-0.15, -0.1) is 0 Å². The van der Waals surface area contributed by atoms with Gasteiger partial charge in [-0.25, -0.2) is 0 Å². The zero-order chi connectivity index (χ0) is 17.2. The number of ether oxygens (including phenoxy) is 3. The number of esters is 1. The molecule has 0 aliphatic rings. The average molecular weight is 331 g/mol. The maximum atomic E-state index is 11.6. The van der Waals surface area contributed by atoms with E-state index in [1.807, 2.05) is 6.92 Å². The fourth-order valence-corrected chi connectivity index (χ4v) is 2.36. The van der Waals surface area contributed by atoms with Gasteiger partial charge in [0.15, 0.2) is 6.29 Å². The largest absolute Gasteiger partial charge is 0.466 e. The molecule has 0 bridgehead atoms. The Balaban J connectivity index is 3.86. The molecule has 0 rings (SSSR count). The zero-order valence-electron chi connectivity index (χ0n) is 15.6. The van der Waals surface area contributed by atoms with Gasteiger partial charge in [-0.1, -0.05) is 65.2 Å². The summed E-state index contributed by atoms with van der Waals surface area (Å²) in [5.41, 5.74) is 0. The lowest BCUT2D eigenvalue weighted by Gasteiger charge is -2.18. The van der Waals surface area contributed by atoms with Gasteiger partial charge in [-0.2, -0.15) is 0 Å². The van der Waals surface area contributed by atoms with E-state index in [1.165, 1.54) is 51.4 Å². The topological polar surface area (TPSA) is 44.8 Å². The molecule has 0 radical (unpaired) electrons. The fraction of sp³-hybridized carbons (Fsp3) is 0.947. The Morgan fingerprint density at radius 2 is 1.22 bits per heavy atom. The van der Waals surface area contributed by atoms with Gasteiger partial charge >= 0.3 is 5.97 Å². The second kappa shape index (κ2) is 17.7. The second-order valence-corrected chi connectivity index (χ2v) is 6.01. The Morgan fingerprint density at radius 3 is 1.65 bits per heavy atom. The van der Waals surface area contributed by atoms with E-state index in [-0.39, 0.29) is 12.4 Å². The maximum absolute atomic E-state index is 11.6. The third-order valence-corrected chi connectivity index (χ3v) is 3.74. The summed E-state index contributed by atoms with van der Waals surface area (Å²) in [6.07, 6.45) is 11.7. The highest BCUT2D eigenvalue weighted by atomic mass is 16.7. The van der Waals surface area contributed by atoms with Crippen LogP contribution < -0.4 is 0 Å². The minimum absolute atomic E-state index is 0.192. The molecule has 138 valence electrons. The maximum Gasteiger partial charge on any atom is 0.310 e. The van der Waals surface area contributed by atoms with Crippen LogP contribution in [0.4, 0.5) is 0 Å². The number of unbranched alkanes of at least 4 members (excludes halogenated alkanes) is 8. The van der Waals surface area contributed by atoms with E-state index >= 15 is 0 Å². The lowest BCUT2D eigenvalue weighted by Crippen LogP contribution is -2.23. The van der Waals surface area contributed by atoms with E-state index in [1.54, 1.807) is 0 Å². The summed E-state index contributed by atoms with van der Waals surface area (Å²) in [6, 6.07) is 0. The summed E-state index contributed by atoms with van der Waals surface area (Å²) < 4.78 is 16.5. The van der Waals surface area contributed by atoms with Crippen LogP contribution in [0.15, 0.2) is 0 Å². The highest BCUT2D eigenvalue weighted by Crippen LogP contribution is 2.09. The van der Waals surface area contributed by atoms with Gasteiger partial charge < -0.3 is 14.2 Å². The molecule has 0 saturated heterocycles. The van der Waals surface area contributed by atoms with Crippen molar-refractivity contribution in [1.82, 2.24) is 0 Å². The van der Waals surface area contributed by atoms with E-state index in [0.29, 0.717) is 19.8 Å². The average Bonchev–Trinajstić information content (AvgIpc) is 2.53. The molecule has 0 aliphatic heterocycles. The van der Waals surface area contributed by atoms with Gasteiger partial charge in [0.05, 0.1) is 13.0 Å². The number of carbonyl (C=O) groups excluding carboxylic acids is 1. The SMILES string of the molecule is CCCCCCCOC(CC(=O)OCC)OCCCCCCC. The standard InChI is InChI=1S/C19H38O4/c1-4-7-9-11-13-15-22-19(17-18(20)21-6-3)23-16-14-12-10-8-5-2/h19H,4-17H2,1-3H3. The van der Waals surface area contributed by atoms with Crippen LogP contribution in [0.2, 0.25) is 0 Å². The number of carbonyl (C=O) groups is 1. The Hall–Kier alpha value is -0.610. The quantitative estimate of drug-likeness (QED) is 0.208. The van der Waals surface area contributed by atoms with Gasteiger partial charge in [0.25, 0.3) is 0 Å². The summed E-state index contributed by atoms with van der Waals surface area (Å²) in [5.74, 6) is -0.241. The first-order valence-corrected chi connectivity index (χ1v) is 9.63. The second-order valence-electron chi connectivity index (χ2n) is 6.01. The number of hydrogen-bond donors (Lipinski definition) is 0. The molecular formula is C19H38O4. The Kier molecular flexibility index (Phi) is 17.3. The molecule has 4 nitrogen and oxygen atoms in total. The molecule has 4 heteroatoms. The van der Waals surface area contributed by atoms with E-state index in [4.69, 9.17) is 14.2 Å². The Morgan fingerprint density at radius 1 is 0.739 bits per heavy atom. The molecule has 23 heavy (non-hydrogen) atoms. The lowest BCUT2D eigenvalue weighted by molar-refractivity contribution is -0.171. The molecule has 0 amide bonds. The first kappa shape index (κ1) is 22.4. The highest BCUT2D eigenvalue weighted by molar-refractivity contribution is 5.69. The van der Waals surface area contributed by atoms with Crippen LogP contribution in [-0.2, 0) is 19.0 Å². The van der Waals surface area contributed by atoms with Crippen molar-refractivity contribution >= 4 is 5.97 Å². The lowest BCUT2D eigenvalue weighted by atomic mass is 10.2. The molecule has 0 aliphatic carbocycles. The minimum Gasteiger partial charge on any atom is -0.466 e. The first-order chi connectivity index (χ1) is 11.2. The third kappa shape index (κ3) is 16.0. The van der Waals surface area contributed by atoms with Gasteiger partial charge in [0, 0.05) is 13.2 Å². The van der Waals surface area contributed by atoms with E-state index in [2.05, 4.69) is 13.8 Å². The van der Waals surface area contributed by atoms with Crippen LogP contribution in [0.5, 0.6) is 0 Å². The molecular weight excluding hydrogens is 292 g/mol. The predicted molar refractivity (Wildman–Crippen MR) is 94.5 cm³/mol. The molecule has 0 aromatic carbocycles. The molecule has 0 heterocycles. The zero-order valence-corrected chi connectivity index (χ0v) is 15.6. The van der Waals surface area contributed by atoms with Crippen molar-refractivity contribution in [3.63, 3.8) is 0 Å². The fourth-order valence-electron chi connectivity index (χ4n) is 2.36. The molecule has 0 saturated carbocycles.